The maximum atomic E-state index is 11.9. The molecule has 1 aliphatic carbocycles. The predicted octanol–water partition coefficient (Wildman–Crippen LogP) is 3.41. The van der Waals surface area contributed by atoms with Gasteiger partial charge in [0.1, 0.15) is 5.69 Å². The van der Waals surface area contributed by atoms with Gasteiger partial charge in [-0.15, -0.1) is 11.3 Å². The minimum absolute atomic E-state index is 0.000762. The number of rotatable bonds is 5. The molecule has 0 aliphatic heterocycles. The van der Waals surface area contributed by atoms with E-state index in [0.29, 0.717) is 11.6 Å². The van der Waals surface area contributed by atoms with E-state index >= 15 is 0 Å². The van der Waals surface area contributed by atoms with E-state index in [1.807, 2.05) is 5.38 Å². The van der Waals surface area contributed by atoms with Crippen molar-refractivity contribution < 1.29 is 4.79 Å². The fraction of sp³-hybridized carbons (Fsp3) is 0.714. The minimum atomic E-state index is -0.000762. The van der Waals surface area contributed by atoms with Crippen LogP contribution in [0, 0.1) is 5.92 Å². The number of carbonyl (C=O) groups excluding carboxylic acids is 1. The molecule has 18 heavy (non-hydrogen) atoms. The Morgan fingerprint density at radius 1 is 1.44 bits per heavy atom. The lowest BCUT2D eigenvalue weighted by Crippen LogP contribution is -2.30. The molecule has 1 aromatic rings. The summed E-state index contributed by atoms with van der Waals surface area (Å²) in [5.41, 5.74) is 0.597. The molecule has 1 fully saturated rings. The van der Waals surface area contributed by atoms with Crippen molar-refractivity contribution in [2.75, 3.05) is 6.54 Å². The summed E-state index contributed by atoms with van der Waals surface area (Å²) in [6.07, 6.45) is 8.57. The minimum Gasteiger partial charge on any atom is -0.350 e. The average Bonchev–Trinajstić information content (AvgIpc) is 2.86. The van der Waals surface area contributed by atoms with E-state index in [-0.39, 0.29) is 5.91 Å². The van der Waals surface area contributed by atoms with Crippen molar-refractivity contribution in [3.05, 3.63) is 16.1 Å². The van der Waals surface area contributed by atoms with Gasteiger partial charge in [-0.25, -0.2) is 4.98 Å². The summed E-state index contributed by atoms with van der Waals surface area (Å²) in [7, 11) is 0. The molecule has 1 heterocycles. The number of nitrogens with zero attached hydrogens (tertiary/aromatic N) is 1. The van der Waals surface area contributed by atoms with Gasteiger partial charge in [0.05, 0.1) is 5.01 Å². The molecule has 3 nitrogen and oxygen atoms in total. The van der Waals surface area contributed by atoms with Crippen molar-refractivity contribution in [2.24, 2.45) is 5.92 Å². The molecule has 0 radical (unpaired) electrons. The van der Waals surface area contributed by atoms with Crippen molar-refractivity contribution in [2.45, 2.75) is 51.9 Å². The number of hydrogen-bond donors (Lipinski definition) is 1. The first-order valence-electron chi connectivity index (χ1n) is 7.02. The summed E-state index contributed by atoms with van der Waals surface area (Å²) in [5, 5.41) is 5.98. The van der Waals surface area contributed by atoms with Gasteiger partial charge in [0.15, 0.2) is 0 Å². The van der Waals surface area contributed by atoms with E-state index in [9.17, 15) is 4.79 Å². The molecule has 1 N–H and O–H groups in total. The Morgan fingerprint density at radius 3 is 2.94 bits per heavy atom. The Morgan fingerprint density at radius 2 is 2.22 bits per heavy atom. The third-order valence-corrected chi connectivity index (χ3v) is 4.43. The third-order valence-electron chi connectivity index (χ3n) is 3.52. The van der Waals surface area contributed by atoms with E-state index in [0.717, 1.165) is 24.4 Å². The zero-order chi connectivity index (χ0) is 12.8. The summed E-state index contributed by atoms with van der Waals surface area (Å²) in [5.74, 6) is 0.677. The van der Waals surface area contributed by atoms with Gasteiger partial charge in [-0.05, 0) is 31.6 Å². The molecule has 0 aromatic carbocycles. The second kappa shape index (κ2) is 6.88. The van der Waals surface area contributed by atoms with Gasteiger partial charge in [0.2, 0.25) is 0 Å². The van der Waals surface area contributed by atoms with Gasteiger partial charge in [-0.3, -0.25) is 4.79 Å². The molecular formula is C14H22N2OS. The number of aryl methyl sites for hydroxylation is 1. The number of nitrogens with one attached hydrogen (secondary N) is 1. The summed E-state index contributed by atoms with van der Waals surface area (Å²) in [6, 6.07) is 0. The van der Waals surface area contributed by atoms with E-state index < -0.39 is 0 Å². The van der Waals surface area contributed by atoms with Crippen LogP contribution in [-0.4, -0.2) is 17.4 Å². The van der Waals surface area contributed by atoms with Crippen LogP contribution in [0.2, 0.25) is 0 Å². The monoisotopic (exact) mass is 266 g/mol. The normalized spacial score (nSPS) is 16.7. The van der Waals surface area contributed by atoms with Crippen LogP contribution in [0.5, 0.6) is 0 Å². The lowest BCUT2D eigenvalue weighted by Gasteiger charge is -2.21. The number of hydrogen-bond acceptors (Lipinski definition) is 3. The molecule has 1 saturated carbocycles. The molecule has 1 aromatic heterocycles. The Balaban J connectivity index is 1.79. The van der Waals surface area contributed by atoms with Crippen LogP contribution in [0.1, 0.15) is 60.9 Å². The van der Waals surface area contributed by atoms with Crippen molar-refractivity contribution in [3.63, 3.8) is 0 Å². The first kappa shape index (κ1) is 13.5. The van der Waals surface area contributed by atoms with Gasteiger partial charge < -0.3 is 5.32 Å². The molecule has 1 amide bonds. The van der Waals surface area contributed by atoms with Crippen LogP contribution < -0.4 is 5.32 Å². The Kier molecular flexibility index (Phi) is 5.17. The molecule has 0 bridgehead atoms. The Hall–Kier alpha value is -0.900. The molecule has 0 unspecified atom stereocenters. The topological polar surface area (TPSA) is 42.0 Å². The molecule has 1 aliphatic rings. The lowest BCUT2D eigenvalue weighted by atomic mass is 9.89. The van der Waals surface area contributed by atoms with Crippen molar-refractivity contribution >= 4 is 17.2 Å². The van der Waals surface area contributed by atoms with Gasteiger partial charge in [0, 0.05) is 11.9 Å². The van der Waals surface area contributed by atoms with Crippen LogP contribution in [0.3, 0.4) is 0 Å². The van der Waals surface area contributed by atoms with Gasteiger partial charge in [-0.2, -0.15) is 0 Å². The zero-order valence-electron chi connectivity index (χ0n) is 11.1. The second-order valence-corrected chi connectivity index (χ2v) is 6.03. The average molecular weight is 266 g/mol. The van der Waals surface area contributed by atoms with Crippen LogP contribution in [0.25, 0.3) is 0 Å². The van der Waals surface area contributed by atoms with Crippen LogP contribution in [0.15, 0.2) is 5.38 Å². The Labute approximate surface area is 113 Å². The smallest absolute Gasteiger partial charge is 0.270 e. The lowest BCUT2D eigenvalue weighted by molar-refractivity contribution is 0.0939. The standard InChI is InChI=1S/C14H22N2OS/c1-2-6-13-16-12(10-18-13)14(17)15-9-11-7-4-3-5-8-11/h10-11H,2-9H2,1H3,(H,15,17). The highest BCUT2D eigenvalue weighted by Crippen LogP contribution is 2.22. The van der Waals surface area contributed by atoms with Crippen molar-refractivity contribution in [1.82, 2.24) is 10.3 Å². The molecule has 0 spiro atoms. The highest BCUT2D eigenvalue weighted by molar-refractivity contribution is 7.09. The first-order chi connectivity index (χ1) is 8.79. The van der Waals surface area contributed by atoms with Gasteiger partial charge >= 0.3 is 0 Å². The highest BCUT2D eigenvalue weighted by atomic mass is 32.1. The van der Waals surface area contributed by atoms with E-state index in [4.69, 9.17) is 0 Å². The highest BCUT2D eigenvalue weighted by Gasteiger charge is 2.16. The number of aromatic nitrogens is 1. The van der Waals surface area contributed by atoms with Crippen LogP contribution in [0.4, 0.5) is 0 Å². The zero-order valence-corrected chi connectivity index (χ0v) is 11.9. The Bertz CT molecular complexity index is 383. The molecule has 4 heteroatoms. The van der Waals surface area contributed by atoms with Crippen LogP contribution in [-0.2, 0) is 6.42 Å². The fourth-order valence-corrected chi connectivity index (χ4v) is 3.34. The SMILES string of the molecule is CCCc1nc(C(=O)NCC2CCCCC2)cs1. The quantitative estimate of drug-likeness (QED) is 0.887. The van der Waals surface area contributed by atoms with Crippen molar-refractivity contribution in [1.29, 1.82) is 0 Å². The number of thiazole rings is 1. The summed E-state index contributed by atoms with van der Waals surface area (Å²) >= 11 is 1.59. The fourth-order valence-electron chi connectivity index (χ4n) is 2.46. The first-order valence-corrected chi connectivity index (χ1v) is 7.90. The molecule has 2 rings (SSSR count). The summed E-state index contributed by atoms with van der Waals surface area (Å²) in [4.78, 5) is 16.3. The third kappa shape index (κ3) is 3.80. The molecule has 0 atom stereocenters. The van der Waals surface area contributed by atoms with Gasteiger partial charge in [-0.1, -0.05) is 26.2 Å². The predicted molar refractivity (Wildman–Crippen MR) is 75.0 cm³/mol. The summed E-state index contributed by atoms with van der Waals surface area (Å²) in [6.45, 7) is 2.95. The van der Waals surface area contributed by atoms with Crippen molar-refractivity contribution in [3.8, 4) is 0 Å². The van der Waals surface area contributed by atoms with E-state index in [2.05, 4.69) is 17.2 Å². The maximum absolute atomic E-state index is 11.9. The van der Waals surface area contributed by atoms with E-state index in [1.54, 1.807) is 11.3 Å². The maximum Gasteiger partial charge on any atom is 0.270 e. The van der Waals surface area contributed by atoms with E-state index in [1.165, 1.54) is 32.1 Å². The second-order valence-electron chi connectivity index (χ2n) is 5.09. The molecular weight excluding hydrogens is 244 g/mol. The number of amides is 1. The number of carbonyl (C=O) groups is 1. The largest absolute Gasteiger partial charge is 0.350 e. The summed E-state index contributed by atoms with van der Waals surface area (Å²) < 4.78 is 0. The van der Waals surface area contributed by atoms with Gasteiger partial charge in [0.25, 0.3) is 5.91 Å². The molecule has 100 valence electrons. The molecule has 0 saturated heterocycles. The van der Waals surface area contributed by atoms with Crippen LogP contribution >= 0.6 is 11.3 Å².